The van der Waals surface area contributed by atoms with Crippen molar-refractivity contribution in [3.63, 3.8) is 0 Å². The third-order valence-corrected chi connectivity index (χ3v) is 4.08. The van der Waals surface area contributed by atoms with Gasteiger partial charge in [0.2, 0.25) is 0 Å². The Bertz CT molecular complexity index is 324. The minimum atomic E-state index is 0.649. The van der Waals surface area contributed by atoms with Crippen LogP contribution >= 0.6 is 11.3 Å². The molecule has 0 aromatic carbocycles. The number of thiazole rings is 1. The van der Waals surface area contributed by atoms with Crippen molar-refractivity contribution in [2.24, 2.45) is 0 Å². The van der Waals surface area contributed by atoms with E-state index in [9.17, 15) is 0 Å². The Morgan fingerprint density at radius 1 is 1.56 bits per heavy atom. The van der Waals surface area contributed by atoms with Crippen molar-refractivity contribution in [3.8, 4) is 0 Å². The molecule has 1 aromatic rings. The smallest absolute Gasteiger partial charge is 0.185 e. The number of anilines is 1. The number of aromatic nitrogens is 1. The summed E-state index contributed by atoms with van der Waals surface area (Å²) in [5.41, 5.74) is 1.23. The summed E-state index contributed by atoms with van der Waals surface area (Å²) < 4.78 is 0. The number of rotatable bonds is 5. The lowest BCUT2D eigenvalue weighted by Gasteiger charge is -2.24. The predicted molar refractivity (Wildman–Crippen MR) is 70.4 cm³/mol. The first-order valence-electron chi connectivity index (χ1n) is 6.27. The molecule has 16 heavy (non-hydrogen) atoms. The maximum Gasteiger partial charge on any atom is 0.185 e. The van der Waals surface area contributed by atoms with Gasteiger partial charge in [0.05, 0.1) is 5.69 Å². The summed E-state index contributed by atoms with van der Waals surface area (Å²) in [4.78, 5) is 7.16. The zero-order valence-corrected chi connectivity index (χ0v) is 11.0. The normalized spacial score (nSPS) is 20.6. The highest BCUT2D eigenvalue weighted by molar-refractivity contribution is 7.13. The summed E-state index contributed by atoms with van der Waals surface area (Å²) in [6.45, 7) is 7.66. The first-order valence-corrected chi connectivity index (χ1v) is 7.14. The third kappa shape index (κ3) is 2.55. The van der Waals surface area contributed by atoms with Crippen molar-refractivity contribution < 1.29 is 0 Å². The average molecular weight is 239 g/mol. The molecule has 3 nitrogen and oxygen atoms in total. The Morgan fingerprint density at radius 3 is 3.12 bits per heavy atom. The third-order valence-electron chi connectivity index (χ3n) is 3.15. The van der Waals surface area contributed by atoms with Gasteiger partial charge in [0.1, 0.15) is 0 Å². The average Bonchev–Trinajstić information content (AvgIpc) is 2.94. The second-order valence-electron chi connectivity index (χ2n) is 4.27. The Labute approximate surface area is 102 Å². The molecule has 1 unspecified atom stereocenters. The number of aryl methyl sites for hydroxylation is 1. The molecule has 2 heterocycles. The maximum absolute atomic E-state index is 4.69. The standard InChI is InChI=1S/C12H21N3S/c1-3-10-9-16-12(14-10)15-7-5-6-11(15)8-13-4-2/h9,11,13H,3-8H2,1-2H3. The van der Waals surface area contributed by atoms with Crippen LogP contribution in [0.5, 0.6) is 0 Å². The summed E-state index contributed by atoms with van der Waals surface area (Å²) in [7, 11) is 0. The van der Waals surface area contributed by atoms with Crippen molar-refractivity contribution >= 4 is 16.5 Å². The van der Waals surface area contributed by atoms with Crippen molar-refractivity contribution in [3.05, 3.63) is 11.1 Å². The van der Waals surface area contributed by atoms with Gasteiger partial charge < -0.3 is 10.2 Å². The van der Waals surface area contributed by atoms with Gasteiger partial charge in [-0.25, -0.2) is 4.98 Å². The van der Waals surface area contributed by atoms with Crippen LogP contribution in [0.15, 0.2) is 5.38 Å². The maximum atomic E-state index is 4.69. The van der Waals surface area contributed by atoms with Gasteiger partial charge in [0.15, 0.2) is 5.13 Å². The van der Waals surface area contributed by atoms with Gasteiger partial charge in [0.25, 0.3) is 0 Å². The summed E-state index contributed by atoms with van der Waals surface area (Å²) in [6.07, 6.45) is 3.65. The summed E-state index contributed by atoms with van der Waals surface area (Å²) in [5.74, 6) is 0. The Balaban J connectivity index is 2.01. The monoisotopic (exact) mass is 239 g/mol. The Kier molecular flexibility index (Phi) is 4.18. The highest BCUT2D eigenvalue weighted by Gasteiger charge is 2.26. The van der Waals surface area contributed by atoms with E-state index >= 15 is 0 Å². The number of hydrogen-bond acceptors (Lipinski definition) is 4. The van der Waals surface area contributed by atoms with Gasteiger partial charge in [-0.2, -0.15) is 0 Å². The zero-order chi connectivity index (χ0) is 11.4. The van der Waals surface area contributed by atoms with Crippen LogP contribution in [0.2, 0.25) is 0 Å². The first-order chi connectivity index (χ1) is 7.85. The summed E-state index contributed by atoms with van der Waals surface area (Å²) in [6, 6.07) is 0.649. The number of nitrogens with zero attached hydrogens (tertiary/aromatic N) is 2. The lowest BCUT2D eigenvalue weighted by Crippen LogP contribution is -2.37. The fourth-order valence-electron chi connectivity index (χ4n) is 2.20. The van der Waals surface area contributed by atoms with E-state index in [4.69, 9.17) is 0 Å². The lowest BCUT2D eigenvalue weighted by atomic mass is 10.2. The molecule has 0 amide bonds. The zero-order valence-electron chi connectivity index (χ0n) is 10.2. The van der Waals surface area contributed by atoms with Crippen molar-refractivity contribution in [1.29, 1.82) is 0 Å². The van der Waals surface area contributed by atoms with Crippen molar-refractivity contribution in [1.82, 2.24) is 10.3 Å². The second kappa shape index (κ2) is 5.64. The van der Waals surface area contributed by atoms with E-state index in [1.807, 2.05) is 0 Å². The molecule has 1 aliphatic heterocycles. The lowest BCUT2D eigenvalue weighted by molar-refractivity contribution is 0.586. The van der Waals surface area contributed by atoms with Crippen LogP contribution < -0.4 is 10.2 Å². The topological polar surface area (TPSA) is 28.2 Å². The van der Waals surface area contributed by atoms with Gasteiger partial charge in [-0.05, 0) is 25.8 Å². The minimum Gasteiger partial charge on any atom is -0.344 e. The van der Waals surface area contributed by atoms with Crippen LogP contribution in [0.4, 0.5) is 5.13 Å². The molecule has 1 saturated heterocycles. The van der Waals surface area contributed by atoms with E-state index in [2.05, 4.69) is 34.4 Å². The molecule has 0 saturated carbocycles. The van der Waals surface area contributed by atoms with Crippen LogP contribution in [0, 0.1) is 0 Å². The molecular weight excluding hydrogens is 218 g/mol. The van der Waals surface area contributed by atoms with E-state index in [0.717, 1.165) is 19.5 Å². The number of likely N-dealkylation sites (N-methyl/N-ethyl adjacent to an activating group) is 1. The number of hydrogen-bond donors (Lipinski definition) is 1. The number of nitrogens with one attached hydrogen (secondary N) is 1. The molecule has 2 rings (SSSR count). The molecule has 0 radical (unpaired) electrons. The highest BCUT2D eigenvalue weighted by atomic mass is 32.1. The molecule has 1 fully saturated rings. The summed E-state index contributed by atoms with van der Waals surface area (Å²) >= 11 is 1.80. The molecule has 1 N–H and O–H groups in total. The van der Waals surface area contributed by atoms with Crippen molar-refractivity contribution in [2.75, 3.05) is 24.5 Å². The van der Waals surface area contributed by atoms with Crippen LogP contribution in [0.3, 0.4) is 0 Å². The fraction of sp³-hybridized carbons (Fsp3) is 0.750. The van der Waals surface area contributed by atoms with Crippen LogP contribution in [0.25, 0.3) is 0 Å². The predicted octanol–water partition coefficient (Wildman–Crippen LogP) is 2.28. The molecule has 4 heteroatoms. The molecular formula is C12H21N3S. The van der Waals surface area contributed by atoms with Gasteiger partial charge >= 0.3 is 0 Å². The van der Waals surface area contributed by atoms with E-state index < -0.39 is 0 Å². The van der Waals surface area contributed by atoms with Crippen LogP contribution in [-0.2, 0) is 6.42 Å². The second-order valence-corrected chi connectivity index (χ2v) is 5.11. The van der Waals surface area contributed by atoms with E-state index in [1.165, 1.54) is 30.2 Å². The SMILES string of the molecule is CCNCC1CCCN1c1nc(CC)cs1. The Hall–Kier alpha value is -0.610. The van der Waals surface area contributed by atoms with Gasteiger partial charge in [0, 0.05) is 24.5 Å². The van der Waals surface area contributed by atoms with Gasteiger partial charge in [-0.15, -0.1) is 11.3 Å². The van der Waals surface area contributed by atoms with Gasteiger partial charge in [-0.1, -0.05) is 13.8 Å². The Morgan fingerprint density at radius 2 is 2.44 bits per heavy atom. The van der Waals surface area contributed by atoms with E-state index in [0.29, 0.717) is 6.04 Å². The molecule has 0 aliphatic carbocycles. The van der Waals surface area contributed by atoms with E-state index in [1.54, 1.807) is 11.3 Å². The summed E-state index contributed by atoms with van der Waals surface area (Å²) in [5, 5.41) is 6.86. The molecule has 0 spiro atoms. The molecule has 0 bridgehead atoms. The first kappa shape index (κ1) is 11.9. The quantitative estimate of drug-likeness (QED) is 0.854. The van der Waals surface area contributed by atoms with Gasteiger partial charge in [-0.3, -0.25) is 0 Å². The molecule has 1 aromatic heterocycles. The highest BCUT2D eigenvalue weighted by Crippen LogP contribution is 2.28. The molecule has 90 valence electrons. The van der Waals surface area contributed by atoms with E-state index in [-0.39, 0.29) is 0 Å². The largest absolute Gasteiger partial charge is 0.344 e. The minimum absolute atomic E-state index is 0.649. The van der Waals surface area contributed by atoms with Crippen molar-refractivity contribution in [2.45, 2.75) is 39.2 Å². The fourth-order valence-corrected chi connectivity index (χ4v) is 3.21. The van der Waals surface area contributed by atoms with Crippen LogP contribution in [-0.4, -0.2) is 30.7 Å². The van der Waals surface area contributed by atoms with Crippen LogP contribution in [0.1, 0.15) is 32.4 Å². The molecule has 1 aliphatic rings. The molecule has 1 atom stereocenters.